The molecule has 2 aromatic rings. The molecule has 0 saturated carbocycles. The molecular formula is C19H23N4OSe. The summed E-state index contributed by atoms with van der Waals surface area (Å²) in [5.41, 5.74) is 2.12. The van der Waals surface area contributed by atoms with E-state index in [4.69, 9.17) is 0 Å². The second kappa shape index (κ2) is 10.2. The maximum Gasteiger partial charge on any atom is 0.0920 e. The molecule has 0 atom stereocenters. The predicted molar refractivity (Wildman–Crippen MR) is 103 cm³/mol. The van der Waals surface area contributed by atoms with E-state index in [1.807, 2.05) is 55.5 Å². The van der Waals surface area contributed by atoms with Crippen LogP contribution in [0.1, 0.15) is 31.0 Å². The standard InChI is InChI=1S/C11H15NO.C8H8N3Se/c13-11(6-8-12-9-7-11)10-4-2-1-3-5-10;1-7(11-10-6-12)8-4-2-3-5-9-8/h1-5,12-13H,6-9H2;2-6H,1H3. The second-order valence-corrected chi connectivity index (χ2v) is 6.21. The quantitative estimate of drug-likeness (QED) is 0.470. The van der Waals surface area contributed by atoms with Crippen molar-refractivity contribution in [2.45, 2.75) is 25.4 Å². The Kier molecular flexibility index (Phi) is 7.95. The van der Waals surface area contributed by atoms with Crippen molar-refractivity contribution in [3.63, 3.8) is 0 Å². The molecular weight excluding hydrogens is 379 g/mol. The molecule has 2 heterocycles. The molecule has 1 saturated heterocycles. The molecule has 1 aromatic carbocycles. The van der Waals surface area contributed by atoms with E-state index in [1.165, 1.54) is 5.11 Å². The van der Waals surface area contributed by atoms with Crippen molar-refractivity contribution in [2.75, 3.05) is 13.1 Å². The summed E-state index contributed by atoms with van der Waals surface area (Å²) in [4.78, 5) is 4.12. The molecule has 25 heavy (non-hydrogen) atoms. The molecule has 0 unspecified atom stereocenters. The number of hydrogen-bond donors (Lipinski definition) is 2. The van der Waals surface area contributed by atoms with Crippen molar-refractivity contribution in [1.82, 2.24) is 10.3 Å². The van der Waals surface area contributed by atoms with Crippen LogP contribution in [0.3, 0.4) is 0 Å². The summed E-state index contributed by atoms with van der Waals surface area (Å²) < 4.78 is 0. The normalized spacial score (nSPS) is 17.0. The number of aromatic nitrogens is 1. The minimum Gasteiger partial charge on any atom is -0.385 e. The number of aliphatic hydroxyl groups is 1. The summed E-state index contributed by atoms with van der Waals surface area (Å²) in [5.74, 6) is 0. The van der Waals surface area contributed by atoms with Gasteiger partial charge in [0.05, 0.1) is 5.60 Å². The molecule has 0 spiro atoms. The second-order valence-electron chi connectivity index (χ2n) is 5.77. The van der Waals surface area contributed by atoms with Gasteiger partial charge in [0.2, 0.25) is 0 Å². The van der Waals surface area contributed by atoms with Gasteiger partial charge in [-0.2, -0.15) is 0 Å². The van der Waals surface area contributed by atoms with Gasteiger partial charge < -0.3 is 10.4 Å². The van der Waals surface area contributed by atoms with E-state index in [0.29, 0.717) is 0 Å². The summed E-state index contributed by atoms with van der Waals surface area (Å²) in [6, 6.07) is 15.6. The fourth-order valence-electron chi connectivity index (χ4n) is 2.62. The third kappa shape index (κ3) is 6.18. The van der Waals surface area contributed by atoms with Gasteiger partial charge in [0, 0.05) is 0 Å². The van der Waals surface area contributed by atoms with Crippen molar-refractivity contribution in [3.8, 4) is 0 Å². The van der Waals surface area contributed by atoms with E-state index in [2.05, 4.69) is 36.5 Å². The van der Waals surface area contributed by atoms with E-state index in [-0.39, 0.29) is 0 Å². The number of pyridine rings is 1. The van der Waals surface area contributed by atoms with Crippen LogP contribution in [0.25, 0.3) is 0 Å². The Balaban J connectivity index is 0.000000181. The fraction of sp³-hybridized carbons (Fsp3) is 0.316. The third-order valence-corrected chi connectivity index (χ3v) is 4.23. The first-order valence-electron chi connectivity index (χ1n) is 8.24. The van der Waals surface area contributed by atoms with Crippen molar-refractivity contribution in [1.29, 1.82) is 0 Å². The van der Waals surface area contributed by atoms with Crippen molar-refractivity contribution < 1.29 is 5.11 Å². The third-order valence-electron chi connectivity index (χ3n) is 4.03. The number of benzene rings is 1. The average molecular weight is 402 g/mol. The topological polar surface area (TPSA) is 69.9 Å². The van der Waals surface area contributed by atoms with Crippen molar-refractivity contribution in [3.05, 3.63) is 66.0 Å². The summed E-state index contributed by atoms with van der Waals surface area (Å²) in [6.07, 6.45) is 3.37. The van der Waals surface area contributed by atoms with Crippen molar-refractivity contribution >= 4 is 26.8 Å². The molecule has 0 amide bonds. The number of nitrogens with zero attached hydrogens (tertiary/aromatic N) is 3. The zero-order chi connectivity index (χ0) is 18.0. The van der Waals surface area contributed by atoms with Gasteiger partial charge >= 0.3 is 79.0 Å². The van der Waals surface area contributed by atoms with Crippen LogP contribution in [-0.2, 0) is 5.60 Å². The van der Waals surface area contributed by atoms with Gasteiger partial charge in [0.15, 0.2) is 0 Å². The maximum atomic E-state index is 10.3. The number of rotatable bonds is 3. The zero-order valence-electron chi connectivity index (χ0n) is 14.3. The van der Waals surface area contributed by atoms with Crippen LogP contribution in [0.15, 0.2) is 64.9 Å². The van der Waals surface area contributed by atoms with Gasteiger partial charge in [0.25, 0.3) is 0 Å². The first kappa shape index (κ1) is 19.5. The van der Waals surface area contributed by atoms with E-state index >= 15 is 0 Å². The van der Waals surface area contributed by atoms with E-state index in [0.717, 1.165) is 42.9 Å². The Labute approximate surface area is 157 Å². The maximum absolute atomic E-state index is 10.3. The zero-order valence-corrected chi connectivity index (χ0v) is 16.0. The molecule has 2 N–H and O–H groups in total. The van der Waals surface area contributed by atoms with Crippen LogP contribution >= 0.6 is 0 Å². The molecule has 1 radical (unpaired) electrons. The number of piperidine rings is 1. The molecule has 6 heteroatoms. The smallest absolute Gasteiger partial charge is 0.0920 e. The Hall–Kier alpha value is -1.85. The molecule has 5 nitrogen and oxygen atoms in total. The molecule has 1 aromatic heterocycles. The molecule has 0 bridgehead atoms. The Bertz CT molecular complexity index is 683. The van der Waals surface area contributed by atoms with Crippen LogP contribution in [0.2, 0.25) is 0 Å². The Morgan fingerprint density at radius 2 is 1.84 bits per heavy atom. The van der Waals surface area contributed by atoms with Gasteiger partial charge in [-0.05, 0) is 31.5 Å². The summed E-state index contributed by atoms with van der Waals surface area (Å²) in [6.45, 7) is 3.69. The van der Waals surface area contributed by atoms with Crippen LogP contribution in [0.5, 0.6) is 0 Å². The monoisotopic (exact) mass is 403 g/mol. The largest absolute Gasteiger partial charge is 0.385 e. The van der Waals surface area contributed by atoms with Gasteiger partial charge in [-0.1, -0.05) is 30.3 Å². The molecule has 3 rings (SSSR count). The average Bonchev–Trinajstić information content (AvgIpc) is 2.68. The number of hydrogen-bond acceptors (Lipinski definition) is 5. The Morgan fingerprint density at radius 1 is 1.16 bits per heavy atom. The van der Waals surface area contributed by atoms with Crippen LogP contribution < -0.4 is 5.32 Å². The van der Waals surface area contributed by atoms with Crippen LogP contribution in [-0.4, -0.2) is 50.0 Å². The first-order chi connectivity index (χ1) is 12.2. The van der Waals surface area contributed by atoms with E-state index in [1.54, 1.807) is 6.20 Å². The van der Waals surface area contributed by atoms with Crippen LogP contribution in [0.4, 0.5) is 0 Å². The summed E-state index contributed by atoms with van der Waals surface area (Å²) in [5, 5.41) is 22.7. The molecule has 1 fully saturated rings. The number of nitrogens with one attached hydrogen (secondary N) is 1. The molecule has 0 aliphatic carbocycles. The summed E-state index contributed by atoms with van der Waals surface area (Å²) in [7, 11) is 0. The molecule has 1 aliphatic heterocycles. The minimum absolute atomic E-state index is 0.591. The van der Waals surface area contributed by atoms with Crippen molar-refractivity contribution in [2.24, 2.45) is 10.2 Å². The van der Waals surface area contributed by atoms with Gasteiger partial charge in [-0.3, -0.25) is 0 Å². The van der Waals surface area contributed by atoms with Gasteiger partial charge in [0.1, 0.15) is 0 Å². The van der Waals surface area contributed by atoms with Crippen LogP contribution in [0, 0.1) is 0 Å². The fourth-order valence-corrected chi connectivity index (χ4v) is 2.71. The first-order valence-corrected chi connectivity index (χ1v) is 9.23. The van der Waals surface area contributed by atoms with E-state index < -0.39 is 5.60 Å². The molecule has 1 aliphatic rings. The predicted octanol–water partition coefficient (Wildman–Crippen LogP) is 2.26. The van der Waals surface area contributed by atoms with Gasteiger partial charge in [-0.15, -0.1) is 0 Å². The van der Waals surface area contributed by atoms with Gasteiger partial charge in [-0.25, -0.2) is 0 Å². The SMILES string of the molecule is CC(=NN=C[Se])c1ccccn1.OC1(c2ccccc2)CCNCC1. The minimum atomic E-state index is -0.591. The van der Waals surface area contributed by atoms with E-state index in [9.17, 15) is 5.11 Å². The summed E-state index contributed by atoms with van der Waals surface area (Å²) >= 11 is 2.63. The Morgan fingerprint density at radius 3 is 2.44 bits per heavy atom. The molecule has 131 valence electrons.